The van der Waals surface area contributed by atoms with Crippen LogP contribution in [-0.2, 0) is 4.79 Å². The number of likely N-dealkylation sites (N-methyl/N-ethyl adjacent to an activating group) is 2. The average Bonchev–Trinajstić information content (AvgIpc) is 2.43. The molecule has 0 saturated heterocycles. The summed E-state index contributed by atoms with van der Waals surface area (Å²) in [7, 11) is 1.80. The van der Waals surface area contributed by atoms with E-state index in [9.17, 15) is 4.79 Å². The van der Waals surface area contributed by atoms with Crippen molar-refractivity contribution >= 4 is 17.3 Å². The summed E-state index contributed by atoms with van der Waals surface area (Å²) < 4.78 is 0. The molecule has 1 atom stereocenters. The van der Waals surface area contributed by atoms with Gasteiger partial charge in [0.1, 0.15) is 0 Å². The summed E-state index contributed by atoms with van der Waals surface area (Å²) in [6, 6.07) is 7.78. The topological polar surface area (TPSA) is 49.6 Å². The van der Waals surface area contributed by atoms with Crippen LogP contribution in [0.1, 0.15) is 27.2 Å². The number of benzene rings is 1. The van der Waals surface area contributed by atoms with E-state index in [1.54, 1.807) is 11.9 Å². The van der Waals surface area contributed by atoms with E-state index in [1.165, 1.54) is 0 Å². The summed E-state index contributed by atoms with van der Waals surface area (Å²) in [5.74, 6) is 0.104. The Morgan fingerprint density at radius 1 is 1.26 bits per heavy atom. The van der Waals surface area contributed by atoms with Gasteiger partial charge in [-0.25, -0.2) is 0 Å². The third kappa shape index (κ3) is 4.24. The molecule has 0 saturated carbocycles. The maximum Gasteiger partial charge on any atom is 0.240 e. The molecule has 0 spiro atoms. The first-order valence-corrected chi connectivity index (χ1v) is 6.85. The van der Waals surface area contributed by atoms with Crippen LogP contribution in [-0.4, -0.2) is 37.0 Å². The molecule has 1 aromatic rings. The van der Waals surface area contributed by atoms with Crippen molar-refractivity contribution in [1.29, 1.82) is 0 Å². The molecule has 106 valence electrons. The van der Waals surface area contributed by atoms with Crippen LogP contribution in [0.3, 0.4) is 0 Å². The summed E-state index contributed by atoms with van der Waals surface area (Å²) in [6.07, 6.45) is 1.05. The van der Waals surface area contributed by atoms with E-state index in [4.69, 9.17) is 5.73 Å². The molecule has 1 aromatic carbocycles. The van der Waals surface area contributed by atoms with Gasteiger partial charge in [-0.3, -0.25) is 9.69 Å². The van der Waals surface area contributed by atoms with Crippen molar-refractivity contribution < 1.29 is 4.79 Å². The van der Waals surface area contributed by atoms with Crippen molar-refractivity contribution in [1.82, 2.24) is 4.90 Å². The maximum atomic E-state index is 12.3. The molecule has 0 aromatic heterocycles. The second-order valence-electron chi connectivity index (χ2n) is 4.86. The third-order valence-electron chi connectivity index (χ3n) is 3.61. The number of hydrogen-bond acceptors (Lipinski definition) is 3. The Morgan fingerprint density at radius 2 is 1.84 bits per heavy atom. The molecule has 4 nitrogen and oxygen atoms in total. The number of carbonyl (C=O) groups excluding carboxylic acids is 1. The second kappa shape index (κ2) is 7.14. The minimum atomic E-state index is 0.104. The van der Waals surface area contributed by atoms with Gasteiger partial charge < -0.3 is 10.6 Å². The van der Waals surface area contributed by atoms with E-state index in [2.05, 4.69) is 25.7 Å². The molecule has 0 bridgehead atoms. The number of anilines is 2. The van der Waals surface area contributed by atoms with Gasteiger partial charge in [-0.2, -0.15) is 0 Å². The van der Waals surface area contributed by atoms with E-state index >= 15 is 0 Å². The zero-order valence-electron chi connectivity index (χ0n) is 12.4. The first-order chi connectivity index (χ1) is 8.99. The van der Waals surface area contributed by atoms with E-state index in [-0.39, 0.29) is 5.91 Å². The van der Waals surface area contributed by atoms with Crippen molar-refractivity contribution in [2.45, 2.75) is 33.2 Å². The van der Waals surface area contributed by atoms with E-state index in [0.29, 0.717) is 18.3 Å². The lowest BCUT2D eigenvalue weighted by Crippen LogP contribution is -2.42. The van der Waals surface area contributed by atoms with Crippen LogP contribution < -0.4 is 10.6 Å². The molecule has 19 heavy (non-hydrogen) atoms. The molecule has 0 heterocycles. The Kier molecular flexibility index (Phi) is 5.83. The van der Waals surface area contributed by atoms with Crippen molar-refractivity contribution in [3.63, 3.8) is 0 Å². The van der Waals surface area contributed by atoms with Crippen molar-refractivity contribution in [3.8, 4) is 0 Å². The normalized spacial score (nSPS) is 12.5. The third-order valence-corrected chi connectivity index (χ3v) is 3.61. The molecule has 1 unspecified atom stereocenters. The van der Waals surface area contributed by atoms with Crippen LogP contribution in [0.15, 0.2) is 24.3 Å². The van der Waals surface area contributed by atoms with Crippen LogP contribution in [0.5, 0.6) is 0 Å². The first-order valence-electron chi connectivity index (χ1n) is 6.85. The predicted molar refractivity (Wildman–Crippen MR) is 81.3 cm³/mol. The van der Waals surface area contributed by atoms with Crippen LogP contribution in [0.4, 0.5) is 11.4 Å². The van der Waals surface area contributed by atoms with Gasteiger partial charge in [0, 0.05) is 24.5 Å². The largest absolute Gasteiger partial charge is 0.399 e. The highest BCUT2D eigenvalue weighted by molar-refractivity contribution is 5.94. The summed E-state index contributed by atoms with van der Waals surface area (Å²) in [6.45, 7) is 7.72. The monoisotopic (exact) mass is 263 g/mol. The highest BCUT2D eigenvalue weighted by atomic mass is 16.2. The van der Waals surface area contributed by atoms with Crippen LogP contribution >= 0.6 is 0 Å². The maximum absolute atomic E-state index is 12.3. The minimum Gasteiger partial charge on any atom is -0.399 e. The Bertz CT molecular complexity index is 402. The van der Waals surface area contributed by atoms with Crippen molar-refractivity contribution in [2.24, 2.45) is 0 Å². The molecule has 2 N–H and O–H groups in total. The Balaban J connectivity index is 2.69. The van der Waals surface area contributed by atoms with Gasteiger partial charge in [0.25, 0.3) is 0 Å². The molecule has 1 rings (SSSR count). The number of nitrogens with two attached hydrogens (primary N) is 1. The zero-order valence-corrected chi connectivity index (χ0v) is 12.4. The van der Waals surface area contributed by atoms with E-state index in [1.807, 2.05) is 24.3 Å². The lowest BCUT2D eigenvalue weighted by atomic mass is 10.2. The minimum absolute atomic E-state index is 0.104. The lowest BCUT2D eigenvalue weighted by Gasteiger charge is -2.28. The number of amides is 1. The number of nitrogens with zero attached hydrogens (tertiary/aromatic N) is 2. The molecular weight excluding hydrogens is 238 g/mol. The van der Waals surface area contributed by atoms with Gasteiger partial charge in [0.15, 0.2) is 0 Å². The first kappa shape index (κ1) is 15.5. The fraction of sp³-hybridized carbons (Fsp3) is 0.533. The highest BCUT2D eigenvalue weighted by Crippen LogP contribution is 2.15. The molecule has 0 aliphatic heterocycles. The van der Waals surface area contributed by atoms with Crippen LogP contribution in [0.25, 0.3) is 0 Å². The van der Waals surface area contributed by atoms with Gasteiger partial charge in [0.2, 0.25) is 5.91 Å². The molecular formula is C15H25N3O. The highest BCUT2D eigenvalue weighted by Gasteiger charge is 2.17. The SMILES string of the molecule is CCC(C)N(CC)CC(=O)N(C)c1ccc(N)cc1. The molecule has 0 fully saturated rings. The standard InChI is InChI=1S/C15H25N3O/c1-5-12(3)18(6-2)11-15(19)17(4)14-9-7-13(16)8-10-14/h7-10,12H,5-6,11,16H2,1-4H3. The number of rotatable bonds is 6. The summed E-state index contributed by atoms with van der Waals surface area (Å²) >= 11 is 0. The predicted octanol–water partition coefficient (Wildman–Crippen LogP) is 2.35. The lowest BCUT2D eigenvalue weighted by molar-refractivity contribution is -0.119. The molecule has 1 amide bonds. The molecule has 4 heteroatoms. The number of nitrogen functional groups attached to an aromatic ring is 1. The molecule has 0 radical (unpaired) electrons. The number of hydrogen-bond donors (Lipinski definition) is 1. The molecule has 0 aliphatic carbocycles. The van der Waals surface area contributed by atoms with Gasteiger partial charge in [-0.05, 0) is 44.2 Å². The zero-order chi connectivity index (χ0) is 14.4. The van der Waals surface area contributed by atoms with Crippen LogP contribution in [0, 0.1) is 0 Å². The summed E-state index contributed by atoms with van der Waals surface area (Å²) in [4.78, 5) is 16.1. The smallest absolute Gasteiger partial charge is 0.240 e. The molecule has 0 aliphatic rings. The Morgan fingerprint density at radius 3 is 2.32 bits per heavy atom. The fourth-order valence-corrected chi connectivity index (χ4v) is 1.96. The van der Waals surface area contributed by atoms with E-state index < -0.39 is 0 Å². The summed E-state index contributed by atoms with van der Waals surface area (Å²) in [5.41, 5.74) is 7.23. The van der Waals surface area contributed by atoms with E-state index in [0.717, 1.165) is 18.7 Å². The van der Waals surface area contributed by atoms with Gasteiger partial charge >= 0.3 is 0 Å². The van der Waals surface area contributed by atoms with Crippen molar-refractivity contribution in [2.75, 3.05) is 30.8 Å². The van der Waals surface area contributed by atoms with Gasteiger partial charge in [0.05, 0.1) is 6.54 Å². The number of carbonyl (C=O) groups is 1. The van der Waals surface area contributed by atoms with Crippen LogP contribution in [0.2, 0.25) is 0 Å². The second-order valence-corrected chi connectivity index (χ2v) is 4.86. The quantitative estimate of drug-likeness (QED) is 0.802. The average molecular weight is 263 g/mol. The Labute approximate surface area is 116 Å². The fourth-order valence-electron chi connectivity index (χ4n) is 1.96. The van der Waals surface area contributed by atoms with Gasteiger partial charge in [-0.1, -0.05) is 13.8 Å². The van der Waals surface area contributed by atoms with Gasteiger partial charge in [-0.15, -0.1) is 0 Å². The van der Waals surface area contributed by atoms with Crippen molar-refractivity contribution in [3.05, 3.63) is 24.3 Å². The Hall–Kier alpha value is -1.55. The summed E-state index contributed by atoms with van der Waals surface area (Å²) in [5, 5.41) is 0.